The highest BCUT2D eigenvalue weighted by Gasteiger charge is 2.07. The molecular weight excluding hydrogens is 188 g/mol. The summed E-state index contributed by atoms with van der Waals surface area (Å²) < 4.78 is 1.96. The molecule has 0 aliphatic heterocycles. The molecule has 3 nitrogen and oxygen atoms in total. The standard InChI is InChI=1S/C12H14N2O/c1-10(15)12-7-13-9-14(12)8-11-5-3-2-4-6-11/h2-7,9-10,15H,8H2,1H3. The number of aromatic nitrogens is 2. The van der Waals surface area contributed by atoms with Crippen LogP contribution in [0.1, 0.15) is 24.3 Å². The van der Waals surface area contributed by atoms with Crippen LogP contribution in [-0.4, -0.2) is 14.7 Å². The molecule has 15 heavy (non-hydrogen) atoms. The maximum absolute atomic E-state index is 9.51. The second-order valence-corrected chi connectivity index (χ2v) is 3.61. The first-order valence-electron chi connectivity index (χ1n) is 4.99. The monoisotopic (exact) mass is 202 g/mol. The molecule has 0 radical (unpaired) electrons. The zero-order chi connectivity index (χ0) is 10.7. The van der Waals surface area contributed by atoms with Crippen molar-refractivity contribution in [1.82, 2.24) is 9.55 Å². The number of aliphatic hydroxyl groups is 1. The maximum atomic E-state index is 9.51. The highest BCUT2D eigenvalue weighted by atomic mass is 16.3. The van der Waals surface area contributed by atoms with Gasteiger partial charge in [0.1, 0.15) is 0 Å². The van der Waals surface area contributed by atoms with E-state index in [4.69, 9.17) is 0 Å². The van der Waals surface area contributed by atoms with Crippen LogP contribution in [-0.2, 0) is 6.54 Å². The van der Waals surface area contributed by atoms with Crippen molar-refractivity contribution in [3.63, 3.8) is 0 Å². The normalized spacial score (nSPS) is 12.7. The summed E-state index contributed by atoms with van der Waals surface area (Å²) in [6, 6.07) is 10.1. The first kappa shape index (κ1) is 9.93. The van der Waals surface area contributed by atoms with Crippen molar-refractivity contribution >= 4 is 0 Å². The van der Waals surface area contributed by atoms with Gasteiger partial charge < -0.3 is 9.67 Å². The molecule has 0 spiro atoms. The maximum Gasteiger partial charge on any atom is 0.0952 e. The quantitative estimate of drug-likeness (QED) is 0.826. The molecule has 0 aliphatic carbocycles. The van der Waals surface area contributed by atoms with E-state index in [1.54, 1.807) is 19.4 Å². The Kier molecular flexibility index (Phi) is 2.83. The molecule has 0 saturated carbocycles. The summed E-state index contributed by atoms with van der Waals surface area (Å²) >= 11 is 0. The summed E-state index contributed by atoms with van der Waals surface area (Å²) in [5, 5.41) is 9.51. The van der Waals surface area contributed by atoms with Crippen LogP contribution < -0.4 is 0 Å². The highest BCUT2D eigenvalue weighted by Crippen LogP contribution is 2.12. The molecule has 2 aromatic rings. The Morgan fingerprint density at radius 1 is 1.33 bits per heavy atom. The van der Waals surface area contributed by atoms with Crippen LogP contribution in [0.15, 0.2) is 42.9 Å². The Hall–Kier alpha value is -1.61. The van der Waals surface area contributed by atoms with Crippen LogP contribution in [0.4, 0.5) is 0 Å². The van der Waals surface area contributed by atoms with E-state index >= 15 is 0 Å². The lowest BCUT2D eigenvalue weighted by atomic mass is 10.2. The van der Waals surface area contributed by atoms with Gasteiger partial charge in [-0.1, -0.05) is 30.3 Å². The first-order valence-corrected chi connectivity index (χ1v) is 4.99. The van der Waals surface area contributed by atoms with Crippen LogP contribution in [0.25, 0.3) is 0 Å². The van der Waals surface area contributed by atoms with Crippen molar-refractivity contribution in [2.24, 2.45) is 0 Å². The van der Waals surface area contributed by atoms with Crippen LogP contribution in [0.2, 0.25) is 0 Å². The summed E-state index contributed by atoms with van der Waals surface area (Å²) in [6.45, 7) is 2.50. The summed E-state index contributed by atoms with van der Waals surface area (Å²) in [6.07, 6.45) is 2.97. The molecule has 1 unspecified atom stereocenters. The number of benzene rings is 1. The van der Waals surface area contributed by atoms with Crippen molar-refractivity contribution in [3.05, 3.63) is 54.1 Å². The van der Waals surface area contributed by atoms with Crippen molar-refractivity contribution < 1.29 is 5.11 Å². The second-order valence-electron chi connectivity index (χ2n) is 3.61. The molecular formula is C12H14N2O. The fourth-order valence-corrected chi connectivity index (χ4v) is 1.59. The molecule has 0 fully saturated rings. The topological polar surface area (TPSA) is 38.1 Å². The Morgan fingerprint density at radius 2 is 2.07 bits per heavy atom. The average Bonchev–Trinajstić information content (AvgIpc) is 2.67. The summed E-state index contributed by atoms with van der Waals surface area (Å²) in [5.74, 6) is 0. The smallest absolute Gasteiger partial charge is 0.0952 e. The number of hydrogen-bond acceptors (Lipinski definition) is 2. The van der Waals surface area contributed by atoms with Gasteiger partial charge in [0.05, 0.1) is 24.3 Å². The summed E-state index contributed by atoms with van der Waals surface area (Å²) in [7, 11) is 0. The van der Waals surface area contributed by atoms with Gasteiger partial charge in [0.2, 0.25) is 0 Å². The van der Waals surface area contributed by atoms with Gasteiger partial charge in [-0.3, -0.25) is 0 Å². The lowest BCUT2D eigenvalue weighted by molar-refractivity contribution is 0.189. The van der Waals surface area contributed by atoms with E-state index in [0.29, 0.717) is 0 Å². The minimum absolute atomic E-state index is 0.476. The Balaban J connectivity index is 2.21. The van der Waals surface area contributed by atoms with Gasteiger partial charge in [0.15, 0.2) is 0 Å². The fourth-order valence-electron chi connectivity index (χ4n) is 1.59. The SMILES string of the molecule is CC(O)c1cncn1Cc1ccccc1. The molecule has 1 atom stereocenters. The number of imidazole rings is 1. The van der Waals surface area contributed by atoms with Gasteiger partial charge in [-0.05, 0) is 12.5 Å². The lowest BCUT2D eigenvalue weighted by Gasteiger charge is -2.09. The Labute approximate surface area is 89.0 Å². The van der Waals surface area contributed by atoms with Gasteiger partial charge in [-0.25, -0.2) is 4.98 Å². The molecule has 1 aromatic carbocycles. The molecule has 0 amide bonds. The minimum Gasteiger partial charge on any atom is -0.387 e. The molecule has 1 N–H and O–H groups in total. The number of rotatable bonds is 3. The van der Waals surface area contributed by atoms with Crippen LogP contribution in [0, 0.1) is 0 Å². The van der Waals surface area contributed by atoms with E-state index in [-0.39, 0.29) is 0 Å². The summed E-state index contributed by atoms with van der Waals surface area (Å²) in [5.41, 5.74) is 2.05. The van der Waals surface area contributed by atoms with E-state index in [1.165, 1.54) is 5.56 Å². The third-order valence-electron chi connectivity index (χ3n) is 2.37. The van der Waals surface area contributed by atoms with E-state index in [1.807, 2.05) is 22.8 Å². The fraction of sp³-hybridized carbons (Fsp3) is 0.250. The van der Waals surface area contributed by atoms with Crippen molar-refractivity contribution in [2.45, 2.75) is 19.6 Å². The zero-order valence-corrected chi connectivity index (χ0v) is 8.67. The Bertz CT molecular complexity index is 420. The molecule has 3 heteroatoms. The van der Waals surface area contributed by atoms with Gasteiger partial charge in [-0.2, -0.15) is 0 Å². The van der Waals surface area contributed by atoms with Gasteiger partial charge in [-0.15, -0.1) is 0 Å². The molecule has 0 saturated heterocycles. The van der Waals surface area contributed by atoms with Crippen LogP contribution in [0.5, 0.6) is 0 Å². The predicted octanol–water partition coefficient (Wildman–Crippen LogP) is 1.98. The van der Waals surface area contributed by atoms with Gasteiger partial charge in [0, 0.05) is 6.54 Å². The molecule has 2 rings (SSSR count). The predicted molar refractivity (Wildman–Crippen MR) is 58.4 cm³/mol. The van der Waals surface area contributed by atoms with E-state index in [0.717, 1.165) is 12.2 Å². The van der Waals surface area contributed by atoms with Crippen LogP contribution in [0.3, 0.4) is 0 Å². The number of aliphatic hydroxyl groups excluding tert-OH is 1. The largest absolute Gasteiger partial charge is 0.387 e. The van der Waals surface area contributed by atoms with Gasteiger partial charge >= 0.3 is 0 Å². The second kappa shape index (κ2) is 4.28. The van der Waals surface area contributed by atoms with Crippen LogP contribution >= 0.6 is 0 Å². The molecule has 0 bridgehead atoms. The lowest BCUT2D eigenvalue weighted by Crippen LogP contribution is -2.05. The third-order valence-corrected chi connectivity index (χ3v) is 2.37. The van der Waals surface area contributed by atoms with Gasteiger partial charge in [0.25, 0.3) is 0 Å². The Morgan fingerprint density at radius 3 is 2.73 bits per heavy atom. The van der Waals surface area contributed by atoms with Crippen molar-refractivity contribution in [1.29, 1.82) is 0 Å². The van der Waals surface area contributed by atoms with E-state index in [9.17, 15) is 5.11 Å². The summed E-state index contributed by atoms with van der Waals surface area (Å²) in [4.78, 5) is 4.04. The molecule has 1 aromatic heterocycles. The number of hydrogen-bond donors (Lipinski definition) is 1. The highest BCUT2D eigenvalue weighted by molar-refractivity contribution is 5.16. The molecule has 78 valence electrons. The minimum atomic E-state index is -0.476. The van der Waals surface area contributed by atoms with E-state index < -0.39 is 6.10 Å². The van der Waals surface area contributed by atoms with E-state index in [2.05, 4.69) is 17.1 Å². The third kappa shape index (κ3) is 2.25. The average molecular weight is 202 g/mol. The van der Waals surface area contributed by atoms with Crippen molar-refractivity contribution in [3.8, 4) is 0 Å². The first-order chi connectivity index (χ1) is 7.27. The molecule has 0 aliphatic rings. The van der Waals surface area contributed by atoms with Crippen molar-refractivity contribution in [2.75, 3.05) is 0 Å². The zero-order valence-electron chi connectivity index (χ0n) is 8.67. The number of nitrogens with zero attached hydrogens (tertiary/aromatic N) is 2. The molecule has 1 heterocycles.